The number of hydrogen-bond acceptors (Lipinski definition) is 6. The third-order valence-corrected chi connectivity index (χ3v) is 7.96. The molecule has 0 aliphatic carbocycles. The Morgan fingerprint density at radius 2 is 0.932 bits per heavy atom. The molecule has 6 nitrogen and oxygen atoms in total. The number of benzene rings is 4. The summed E-state index contributed by atoms with van der Waals surface area (Å²) in [6.45, 7) is 2.47. The van der Waals surface area contributed by atoms with E-state index in [1.54, 1.807) is 0 Å². The molecule has 1 fully saturated rings. The van der Waals surface area contributed by atoms with Crippen molar-refractivity contribution in [1.29, 1.82) is 0 Å². The van der Waals surface area contributed by atoms with Crippen molar-refractivity contribution in [2.24, 2.45) is 0 Å². The molecule has 0 amide bonds. The van der Waals surface area contributed by atoms with Gasteiger partial charge in [-0.15, -0.1) is 0 Å². The van der Waals surface area contributed by atoms with Crippen molar-refractivity contribution >= 4 is 15.9 Å². The molecular formula is C37H41BrO6. The zero-order valence-corrected chi connectivity index (χ0v) is 26.5. The highest BCUT2D eigenvalue weighted by Crippen LogP contribution is 2.31. The minimum atomic E-state index is -0.666. The zero-order chi connectivity index (χ0) is 30.2. The van der Waals surface area contributed by atoms with Gasteiger partial charge in [0.2, 0.25) is 0 Å². The summed E-state index contributed by atoms with van der Waals surface area (Å²) in [6.07, 6.45) is -1.79. The van der Waals surface area contributed by atoms with Gasteiger partial charge in [-0.05, 0) is 28.7 Å². The maximum Gasteiger partial charge on any atom is 0.186 e. The summed E-state index contributed by atoms with van der Waals surface area (Å²) in [5.74, 6) is 0. The third kappa shape index (κ3) is 10.1. The molecule has 1 saturated heterocycles. The van der Waals surface area contributed by atoms with Crippen molar-refractivity contribution in [1.82, 2.24) is 0 Å². The molecule has 44 heavy (non-hydrogen) atoms. The molecule has 0 radical (unpaired) electrons. The molecule has 0 aromatic heterocycles. The van der Waals surface area contributed by atoms with Gasteiger partial charge in [-0.2, -0.15) is 0 Å². The summed E-state index contributed by atoms with van der Waals surface area (Å²) in [4.78, 5) is 0. The number of rotatable bonds is 17. The molecule has 1 heterocycles. The van der Waals surface area contributed by atoms with Crippen molar-refractivity contribution in [3.05, 3.63) is 144 Å². The molecule has 1 aliphatic rings. The van der Waals surface area contributed by atoms with Gasteiger partial charge in [-0.1, -0.05) is 137 Å². The second-order valence-corrected chi connectivity index (χ2v) is 11.5. The lowest BCUT2D eigenvalue weighted by atomic mass is 9.97. The van der Waals surface area contributed by atoms with Crippen LogP contribution >= 0.6 is 15.9 Å². The van der Waals surface area contributed by atoms with E-state index in [0.29, 0.717) is 39.6 Å². The lowest BCUT2D eigenvalue weighted by Gasteiger charge is -2.46. The van der Waals surface area contributed by atoms with E-state index in [2.05, 4.69) is 52.3 Å². The standard InChI is InChI=1S/C37H41BrO6/c38-22-13-23-40-37-36(43-27-32-20-11-4-12-21-32)35(42-26-31-18-9-3-10-19-31)34(41-25-30-16-7-2-8-17-30)33(44-37)28-39-24-29-14-5-1-6-15-29/h1-12,14-21,33-37H,13,22-28H2/t33-,34+,35+,36-,37-/m1/s1. The van der Waals surface area contributed by atoms with E-state index in [9.17, 15) is 0 Å². The first-order valence-corrected chi connectivity index (χ1v) is 16.3. The molecule has 0 N–H and O–H groups in total. The predicted molar refractivity (Wildman–Crippen MR) is 174 cm³/mol. The van der Waals surface area contributed by atoms with E-state index < -0.39 is 30.7 Å². The van der Waals surface area contributed by atoms with Gasteiger partial charge in [0.25, 0.3) is 0 Å². The van der Waals surface area contributed by atoms with Crippen molar-refractivity contribution in [3.8, 4) is 0 Å². The Hall–Kier alpha value is -2.88. The third-order valence-electron chi connectivity index (χ3n) is 7.40. The van der Waals surface area contributed by atoms with Crippen LogP contribution in [-0.4, -0.2) is 49.2 Å². The van der Waals surface area contributed by atoms with Gasteiger partial charge in [0.05, 0.1) is 39.6 Å². The summed E-state index contributed by atoms with van der Waals surface area (Å²) in [7, 11) is 0. The van der Waals surface area contributed by atoms with Crippen molar-refractivity contribution in [3.63, 3.8) is 0 Å². The lowest BCUT2D eigenvalue weighted by molar-refractivity contribution is -0.328. The Labute approximate surface area is 269 Å². The molecule has 232 valence electrons. The zero-order valence-electron chi connectivity index (χ0n) is 24.9. The second kappa shape index (κ2) is 18.2. The normalized spacial score (nSPS) is 21.7. The molecule has 0 saturated carbocycles. The second-order valence-electron chi connectivity index (χ2n) is 10.7. The van der Waals surface area contributed by atoms with Crippen LogP contribution in [-0.2, 0) is 54.8 Å². The van der Waals surface area contributed by atoms with Gasteiger partial charge in [0, 0.05) is 5.33 Å². The summed E-state index contributed by atoms with van der Waals surface area (Å²) in [5.41, 5.74) is 4.28. The summed E-state index contributed by atoms with van der Waals surface area (Å²) < 4.78 is 39.2. The highest BCUT2D eigenvalue weighted by molar-refractivity contribution is 9.09. The van der Waals surface area contributed by atoms with Gasteiger partial charge in [-0.3, -0.25) is 0 Å². The molecule has 4 aromatic carbocycles. The van der Waals surface area contributed by atoms with Gasteiger partial charge in [-0.25, -0.2) is 0 Å². The summed E-state index contributed by atoms with van der Waals surface area (Å²) >= 11 is 3.52. The Balaban J connectivity index is 1.41. The van der Waals surface area contributed by atoms with Crippen molar-refractivity contribution in [2.75, 3.05) is 18.5 Å². The van der Waals surface area contributed by atoms with E-state index in [4.69, 9.17) is 28.4 Å². The number of halogens is 1. The number of hydrogen-bond donors (Lipinski definition) is 0. The van der Waals surface area contributed by atoms with Crippen LogP contribution in [0, 0.1) is 0 Å². The van der Waals surface area contributed by atoms with E-state index >= 15 is 0 Å². The van der Waals surface area contributed by atoms with Gasteiger partial charge >= 0.3 is 0 Å². The molecule has 0 bridgehead atoms. The minimum absolute atomic E-state index is 0.309. The van der Waals surface area contributed by atoms with Crippen molar-refractivity contribution < 1.29 is 28.4 Å². The maximum atomic E-state index is 6.73. The fourth-order valence-corrected chi connectivity index (χ4v) is 5.36. The van der Waals surface area contributed by atoms with Gasteiger partial charge in [0.15, 0.2) is 6.29 Å². The summed E-state index contributed by atoms with van der Waals surface area (Å²) in [5, 5.41) is 0.829. The molecule has 0 unspecified atom stereocenters. The molecule has 7 heteroatoms. The van der Waals surface area contributed by atoms with Crippen LogP contribution in [0.4, 0.5) is 0 Å². The largest absolute Gasteiger partial charge is 0.374 e. The average molecular weight is 662 g/mol. The highest BCUT2D eigenvalue weighted by Gasteiger charge is 2.49. The molecule has 5 atom stereocenters. The summed E-state index contributed by atoms with van der Waals surface area (Å²) in [6, 6.07) is 40.5. The van der Waals surface area contributed by atoms with Crippen LogP contribution < -0.4 is 0 Å². The Morgan fingerprint density at radius 1 is 0.500 bits per heavy atom. The molecular weight excluding hydrogens is 620 g/mol. The SMILES string of the molecule is BrCCCO[C@@H]1O[C@H](COCc2ccccc2)[C@H](OCc2ccccc2)[C@H](OCc2ccccc2)[C@H]1OCc1ccccc1. The van der Waals surface area contributed by atoms with Gasteiger partial charge in [0.1, 0.15) is 24.4 Å². The first kappa shape index (κ1) is 32.5. The average Bonchev–Trinajstić information content (AvgIpc) is 3.08. The Morgan fingerprint density at radius 3 is 1.41 bits per heavy atom. The fourth-order valence-electron chi connectivity index (χ4n) is 5.14. The lowest BCUT2D eigenvalue weighted by Crippen LogP contribution is -2.61. The Bertz CT molecular complexity index is 1310. The fraction of sp³-hybridized carbons (Fsp3) is 0.351. The quantitative estimate of drug-likeness (QED) is 0.0864. The van der Waals surface area contributed by atoms with Crippen LogP contribution in [0.15, 0.2) is 121 Å². The van der Waals surface area contributed by atoms with Crippen LogP contribution in [0.5, 0.6) is 0 Å². The molecule has 0 spiro atoms. The van der Waals surface area contributed by atoms with E-state index in [-0.39, 0.29) is 0 Å². The number of alkyl halides is 1. The van der Waals surface area contributed by atoms with E-state index in [0.717, 1.165) is 34.0 Å². The molecule has 5 rings (SSSR count). The Kier molecular flexibility index (Phi) is 13.4. The topological polar surface area (TPSA) is 55.4 Å². The van der Waals surface area contributed by atoms with E-state index in [1.165, 1.54) is 0 Å². The number of ether oxygens (including phenoxy) is 6. The highest BCUT2D eigenvalue weighted by atomic mass is 79.9. The van der Waals surface area contributed by atoms with Crippen molar-refractivity contribution in [2.45, 2.75) is 63.6 Å². The monoisotopic (exact) mass is 660 g/mol. The first-order chi connectivity index (χ1) is 21.8. The molecule has 4 aromatic rings. The smallest absolute Gasteiger partial charge is 0.186 e. The van der Waals surface area contributed by atoms with Crippen LogP contribution in [0.3, 0.4) is 0 Å². The minimum Gasteiger partial charge on any atom is -0.374 e. The predicted octanol–water partition coefficient (Wildman–Crippen LogP) is 7.49. The van der Waals surface area contributed by atoms with Crippen LogP contribution in [0.1, 0.15) is 28.7 Å². The first-order valence-electron chi connectivity index (χ1n) is 15.2. The van der Waals surface area contributed by atoms with Crippen LogP contribution in [0.25, 0.3) is 0 Å². The molecule has 1 aliphatic heterocycles. The van der Waals surface area contributed by atoms with Crippen LogP contribution in [0.2, 0.25) is 0 Å². The maximum absolute atomic E-state index is 6.73. The van der Waals surface area contributed by atoms with E-state index in [1.807, 2.05) is 84.9 Å². The van der Waals surface area contributed by atoms with Gasteiger partial charge < -0.3 is 28.4 Å².